The monoisotopic (exact) mass is 486 g/mol. The Bertz CT molecular complexity index is 817. The van der Waals surface area contributed by atoms with E-state index in [9.17, 15) is 4.79 Å². The Balaban J connectivity index is 1.17. The summed E-state index contributed by atoms with van der Waals surface area (Å²) < 4.78 is 19.3. The Morgan fingerprint density at radius 2 is 1.74 bits per heavy atom. The zero-order valence-corrected chi connectivity index (χ0v) is 23.0. The smallest absolute Gasteiger partial charge is 0.306 e. The molecule has 0 aromatic heterocycles. The fourth-order valence-corrected chi connectivity index (χ4v) is 10.8. The number of hydrogen-bond donors (Lipinski definition) is 0. The molecule has 12 atom stereocenters. The molecule has 0 amide bonds. The summed E-state index contributed by atoms with van der Waals surface area (Å²) in [6.07, 6.45) is 14.4. The molecule has 6 rings (SSSR count). The predicted octanol–water partition coefficient (Wildman–Crippen LogP) is 7.14. The van der Waals surface area contributed by atoms with Crippen molar-refractivity contribution >= 4 is 5.97 Å². The van der Waals surface area contributed by atoms with Gasteiger partial charge in [0.1, 0.15) is 6.10 Å². The van der Waals surface area contributed by atoms with Crippen LogP contribution in [0.2, 0.25) is 0 Å². The standard InChI is InChI=1S/C31H50O4/c1-6-7-27(32)34-22-11-13-29(4)21(16-22)8-9-23-24(29)12-14-30(5)25(23)17-26-28(30)20(3)31(35-26)15-10-19(2)18-33-31/h19-26,28H,6-18H2,1-5H3/t19-,20+,21?,22-,23-,24+,25+,26+,28+,29+,30+,31?/m1/s1. The number of hydrogen-bond acceptors (Lipinski definition) is 4. The molecule has 1 spiro atoms. The van der Waals surface area contributed by atoms with Gasteiger partial charge in [0.05, 0.1) is 12.7 Å². The number of carbonyl (C=O) groups excluding carboxylic acids is 1. The van der Waals surface area contributed by atoms with Crippen LogP contribution in [0.25, 0.3) is 0 Å². The zero-order valence-electron chi connectivity index (χ0n) is 23.0. The minimum absolute atomic E-state index is 0.0176. The molecule has 2 saturated heterocycles. The first-order valence-electron chi connectivity index (χ1n) is 15.2. The summed E-state index contributed by atoms with van der Waals surface area (Å²) in [4.78, 5) is 12.1. The third-order valence-electron chi connectivity index (χ3n) is 12.6. The largest absolute Gasteiger partial charge is 0.462 e. The van der Waals surface area contributed by atoms with E-state index >= 15 is 0 Å². The van der Waals surface area contributed by atoms with E-state index in [4.69, 9.17) is 14.2 Å². The lowest BCUT2D eigenvalue weighted by Crippen LogP contribution is -2.55. The summed E-state index contributed by atoms with van der Waals surface area (Å²) in [6.45, 7) is 12.9. The Morgan fingerprint density at radius 1 is 0.943 bits per heavy atom. The molecule has 2 aliphatic heterocycles. The highest BCUT2D eigenvalue weighted by Crippen LogP contribution is 2.71. The molecule has 6 aliphatic rings. The van der Waals surface area contributed by atoms with E-state index in [1.54, 1.807) is 0 Å². The Hall–Kier alpha value is -0.610. The molecule has 0 aromatic carbocycles. The van der Waals surface area contributed by atoms with E-state index in [0.29, 0.717) is 41.1 Å². The van der Waals surface area contributed by atoms with E-state index in [1.807, 2.05) is 0 Å². The third kappa shape index (κ3) is 3.69. The van der Waals surface area contributed by atoms with Crippen molar-refractivity contribution < 1.29 is 19.0 Å². The van der Waals surface area contributed by atoms with Crippen LogP contribution in [0.1, 0.15) is 112 Å². The summed E-state index contributed by atoms with van der Waals surface area (Å²) in [5, 5.41) is 0. The molecule has 4 heteroatoms. The molecule has 4 nitrogen and oxygen atoms in total. The maximum absolute atomic E-state index is 12.1. The van der Waals surface area contributed by atoms with Crippen molar-refractivity contribution in [3.8, 4) is 0 Å². The number of rotatable bonds is 3. The van der Waals surface area contributed by atoms with Gasteiger partial charge in [0.15, 0.2) is 5.79 Å². The van der Waals surface area contributed by atoms with Crippen LogP contribution in [-0.2, 0) is 19.0 Å². The first-order valence-corrected chi connectivity index (χ1v) is 15.2. The molecule has 0 bridgehead atoms. The van der Waals surface area contributed by atoms with Gasteiger partial charge in [-0.05, 0) is 111 Å². The van der Waals surface area contributed by atoms with Crippen LogP contribution in [-0.4, -0.2) is 30.6 Å². The van der Waals surface area contributed by atoms with Crippen LogP contribution in [0.4, 0.5) is 0 Å². The highest BCUT2D eigenvalue weighted by molar-refractivity contribution is 5.69. The van der Waals surface area contributed by atoms with Gasteiger partial charge in [-0.25, -0.2) is 0 Å². The van der Waals surface area contributed by atoms with Crippen molar-refractivity contribution in [1.82, 2.24) is 0 Å². The lowest BCUT2D eigenvalue weighted by Gasteiger charge is -2.61. The molecule has 4 aliphatic carbocycles. The van der Waals surface area contributed by atoms with Crippen LogP contribution in [0, 0.1) is 52.3 Å². The Labute approximate surface area is 213 Å². The SMILES string of the molecule is CCCC(=O)O[C@@H]1CC[C@@]2(C)C(CC[C@H]3[C@@H]4C[C@@H]5OC6(CC[C@@H](C)CO6)[C@@H](C)[C@@H]5[C@@]4(C)CC[C@@H]32)C1. The van der Waals surface area contributed by atoms with Crippen LogP contribution in [0.15, 0.2) is 0 Å². The molecule has 0 N–H and O–H groups in total. The summed E-state index contributed by atoms with van der Waals surface area (Å²) >= 11 is 0. The van der Waals surface area contributed by atoms with E-state index in [1.165, 1.54) is 44.9 Å². The van der Waals surface area contributed by atoms with Crippen molar-refractivity contribution in [2.24, 2.45) is 52.3 Å². The molecule has 2 unspecified atom stereocenters. The van der Waals surface area contributed by atoms with Crippen molar-refractivity contribution in [1.29, 1.82) is 0 Å². The average Bonchev–Trinajstić information content (AvgIpc) is 3.26. The van der Waals surface area contributed by atoms with Gasteiger partial charge < -0.3 is 14.2 Å². The van der Waals surface area contributed by atoms with Crippen LogP contribution >= 0.6 is 0 Å². The van der Waals surface area contributed by atoms with Gasteiger partial charge in [-0.3, -0.25) is 4.79 Å². The maximum Gasteiger partial charge on any atom is 0.306 e. The lowest BCUT2D eigenvalue weighted by molar-refractivity contribution is -0.273. The molecular weight excluding hydrogens is 436 g/mol. The summed E-state index contributed by atoms with van der Waals surface area (Å²) in [5.74, 6) is 4.74. The second-order valence-corrected chi connectivity index (χ2v) is 14.3. The fourth-order valence-electron chi connectivity index (χ4n) is 10.8. The highest BCUT2D eigenvalue weighted by atomic mass is 16.7. The predicted molar refractivity (Wildman–Crippen MR) is 137 cm³/mol. The molecule has 2 heterocycles. The molecule has 35 heavy (non-hydrogen) atoms. The fraction of sp³-hybridized carbons (Fsp3) is 0.968. The van der Waals surface area contributed by atoms with E-state index in [0.717, 1.165) is 56.0 Å². The lowest BCUT2D eigenvalue weighted by atomic mass is 9.44. The van der Waals surface area contributed by atoms with Crippen molar-refractivity contribution in [2.45, 2.75) is 130 Å². The molecular formula is C31H50O4. The third-order valence-corrected chi connectivity index (χ3v) is 12.6. The second kappa shape index (κ2) is 8.72. The van der Waals surface area contributed by atoms with Crippen molar-refractivity contribution in [2.75, 3.05) is 6.61 Å². The molecule has 6 fully saturated rings. The van der Waals surface area contributed by atoms with Crippen LogP contribution in [0.5, 0.6) is 0 Å². The first-order chi connectivity index (χ1) is 16.7. The Morgan fingerprint density at radius 3 is 2.49 bits per heavy atom. The van der Waals surface area contributed by atoms with Crippen molar-refractivity contribution in [3.63, 3.8) is 0 Å². The topological polar surface area (TPSA) is 44.8 Å². The van der Waals surface area contributed by atoms with E-state index < -0.39 is 0 Å². The van der Waals surface area contributed by atoms with Crippen LogP contribution in [0.3, 0.4) is 0 Å². The van der Waals surface area contributed by atoms with Gasteiger partial charge in [0, 0.05) is 18.8 Å². The molecule has 4 saturated carbocycles. The molecule has 198 valence electrons. The van der Waals surface area contributed by atoms with Gasteiger partial charge in [0.2, 0.25) is 0 Å². The van der Waals surface area contributed by atoms with Gasteiger partial charge in [-0.2, -0.15) is 0 Å². The number of ether oxygens (including phenoxy) is 3. The van der Waals surface area contributed by atoms with Gasteiger partial charge in [-0.15, -0.1) is 0 Å². The Kier molecular flexibility index (Phi) is 6.15. The zero-order chi connectivity index (χ0) is 24.6. The first kappa shape index (κ1) is 24.7. The number of carbonyl (C=O) groups is 1. The van der Waals surface area contributed by atoms with Gasteiger partial charge in [0.25, 0.3) is 0 Å². The van der Waals surface area contributed by atoms with Crippen molar-refractivity contribution in [3.05, 3.63) is 0 Å². The second-order valence-electron chi connectivity index (χ2n) is 14.3. The van der Waals surface area contributed by atoms with Gasteiger partial charge in [-0.1, -0.05) is 34.6 Å². The maximum atomic E-state index is 12.1. The number of fused-ring (bicyclic) bond motifs is 7. The summed E-state index contributed by atoms with van der Waals surface area (Å²) in [6, 6.07) is 0. The van der Waals surface area contributed by atoms with Gasteiger partial charge >= 0.3 is 5.97 Å². The minimum atomic E-state index is -0.302. The average molecular weight is 487 g/mol. The number of esters is 1. The molecule has 0 radical (unpaired) electrons. The van der Waals surface area contributed by atoms with Crippen LogP contribution < -0.4 is 0 Å². The highest BCUT2D eigenvalue weighted by Gasteiger charge is 2.69. The molecule has 0 aromatic rings. The summed E-state index contributed by atoms with van der Waals surface area (Å²) in [7, 11) is 0. The minimum Gasteiger partial charge on any atom is -0.462 e. The normalized spacial score (nSPS) is 55.1. The summed E-state index contributed by atoms with van der Waals surface area (Å²) in [5.41, 5.74) is 0.823. The van der Waals surface area contributed by atoms with E-state index in [-0.39, 0.29) is 17.9 Å². The quantitative estimate of drug-likeness (QED) is 0.398. The van der Waals surface area contributed by atoms with E-state index in [2.05, 4.69) is 34.6 Å².